The second kappa shape index (κ2) is 6.04. The standard InChI is InChI=1S/C16H16F2N6O2/c1-23-8-16(17,18)9-26-10-2-3-12-11(6-10)15(21-20-12)13-7-19-24(22-13)5-4-14(23)25/h2-3,6-7H,4-5,8-9H2,1H3,(H,20,21). The topological polar surface area (TPSA) is 88.9 Å². The van der Waals surface area contributed by atoms with E-state index in [1.165, 1.54) is 11.8 Å². The van der Waals surface area contributed by atoms with Crippen molar-refractivity contribution in [2.75, 3.05) is 20.2 Å². The van der Waals surface area contributed by atoms with E-state index in [-0.39, 0.29) is 18.7 Å². The number of carbonyl (C=O) groups excluding carboxylic acids is 1. The van der Waals surface area contributed by atoms with Crippen molar-refractivity contribution >= 4 is 16.8 Å². The molecular formula is C16H16F2N6O2. The molecule has 1 aliphatic heterocycles. The Morgan fingerprint density at radius 1 is 1.35 bits per heavy atom. The van der Waals surface area contributed by atoms with Gasteiger partial charge in [-0.2, -0.15) is 20.1 Å². The first-order valence-corrected chi connectivity index (χ1v) is 8.04. The van der Waals surface area contributed by atoms with Crippen LogP contribution in [0.2, 0.25) is 0 Å². The smallest absolute Gasteiger partial charge is 0.298 e. The monoisotopic (exact) mass is 362 g/mol. The van der Waals surface area contributed by atoms with Crippen molar-refractivity contribution in [3.8, 4) is 17.1 Å². The maximum absolute atomic E-state index is 14.1. The molecule has 1 amide bonds. The molecule has 4 bridgehead atoms. The number of ether oxygens (including phenoxy) is 1. The zero-order valence-corrected chi connectivity index (χ0v) is 13.9. The third-order valence-corrected chi connectivity index (χ3v) is 4.18. The molecule has 3 aromatic rings. The van der Waals surface area contributed by atoms with Crippen molar-refractivity contribution in [3.63, 3.8) is 0 Å². The summed E-state index contributed by atoms with van der Waals surface area (Å²) in [5.41, 5.74) is 1.80. The van der Waals surface area contributed by atoms with E-state index in [1.54, 1.807) is 24.4 Å². The average molecular weight is 362 g/mol. The Labute approximate surface area is 146 Å². The van der Waals surface area contributed by atoms with Crippen molar-refractivity contribution in [2.24, 2.45) is 0 Å². The lowest BCUT2D eigenvalue weighted by Crippen LogP contribution is -2.42. The van der Waals surface area contributed by atoms with Gasteiger partial charge >= 0.3 is 0 Å². The summed E-state index contributed by atoms with van der Waals surface area (Å²) in [6.07, 6.45) is 1.57. The molecule has 3 heterocycles. The predicted octanol–water partition coefficient (Wildman–Crippen LogP) is 1.70. The molecule has 0 fully saturated rings. The summed E-state index contributed by atoms with van der Waals surface area (Å²) in [6.45, 7) is -1.35. The van der Waals surface area contributed by atoms with Crippen molar-refractivity contribution in [3.05, 3.63) is 24.4 Å². The number of fused-ring (bicyclic) bond motifs is 4. The van der Waals surface area contributed by atoms with Crippen LogP contribution in [0.15, 0.2) is 24.4 Å². The maximum atomic E-state index is 14.1. The Hall–Kier alpha value is -3.04. The van der Waals surface area contributed by atoms with Crippen molar-refractivity contribution in [1.82, 2.24) is 30.1 Å². The van der Waals surface area contributed by atoms with Crippen LogP contribution < -0.4 is 4.74 Å². The van der Waals surface area contributed by atoms with Crippen LogP contribution >= 0.6 is 0 Å². The number of H-pyrrole nitrogens is 1. The van der Waals surface area contributed by atoms with E-state index in [9.17, 15) is 13.6 Å². The van der Waals surface area contributed by atoms with Crippen LogP contribution in [0.5, 0.6) is 5.75 Å². The van der Waals surface area contributed by atoms with Gasteiger partial charge in [0.15, 0.2) is 6.61 Å². The Morgan fingerprint density at radius 2 is 2.19 bits per heavy atom. The molecule has 26 heavy (non-hydrogen) atoms. The van der Waals surface area contributed by atoms with Crippen molar-refractivity contribution < 1.29 is 18.3 Å². The fraction of sp³-hybridized carbons (Fsp3) is 0.375. The third kappa shape index (κ3) is 3.09. The van der Waals surface area contributed by atoms with E-state index in [2.05, 4.69) is 20.4 Å². The predicted molar refractivity (Wildman–Crippen MR) is 87.8 cm³/mol. The number of nitrogens with one attached hydrogen (secondary N) is 1. The lowest BCUT2D eigenvalue weighted by atomic mass is 10.1. The summed E-state index contributed by atoms with van der Waals surface area (Å²) in [4.78, 5) is 14.4. The summed E-state index contributed by atoms with van der Waals surface area (Å²) in [6, 6.07) is 4.93. The van der Waals surface area contributed by atoms with Crippen LogP contribution in [-0.2, 0) is 11.3 Å². The quantitative estimate of drug-likeness (QED) is 0.658. The zero-order chi connectivity index (χ0) is 18.3. The minimum Gasteiger partial charge on any atom is -0.487 e. The number of halogens is 2. The van der Waals surface area contributed by atoms with Gasteiger partial charge in [-0.3, -0.25) is 9.89 Å². The molecule has 10 heteroatoms. The molecule has 1 aliphatic rings. The number of hydrogen-bond acceptors (Lipinski definition) is 5. The highest BCUT2D eigenvalue weighted by atomic mass is 19.3. The Bertz CT molecular complexity index is 967. The SMILES string of the molecule is CN1CC(F)(F)COc2ccc3[nH]nc(c3c2)-c2cnn(n2)CCC1=O. The highest BCUT2D eigenvalue weighted by Crippen LogP contribution is 2.29. The van der Waals surface area contributed by atoms with Crippen LogP contribution in [0.1, 0.15) is 6.42 Å². The molecule has 1 N–H and O–H groups in total. The van der Waals surface area contributed by atoms with E-state index >= 15 is 0 Å². The molecule has 0 saturated heterocycles. The van der Waals surface area contributed by atoms with E-state index in [1.807, 2.05) is 0 Å². The number of carbonyl (C=O) groups is 1. The van der Waals surface area contributed by atoms with Gasteiger partial charge in [0.1, 0.15) is 17.1 Å². The minimum atomic E-state index is -3.17. The van der Waals surface area contributed by atoms with Gasteiger partial charge in [-0.25, -0.2) is 8.78 Å². The lowest BCUT2D eigenvalue weighted by molar-refractivity contribution is -0.137. The van der Waals surface area contributed by atoms with Gasteiger partial charge in [0.05, 0.1) is 24.8 Å². The lowest BCUT2D eigenvalue weighted by Gasteiger charge is -2.24. The first-order valence-electron chi connectivity index (χ1n) is 8.04. The van der Waals surface area contributed by atoms with Gasteiger partial charge < -0.3 is 9.64 Å². The van der Waals surface area contributed by atoms with E-state index in [0.717, 1.165) is 10.4 Å². The van der Waals surface area contributed by atoms with Gasteiger partial charge in [0, 0.05) is 18.9 Å². The number of rotatable bonds is 0. The second-order valence-corrected chi connectivity index (χ2v) is 6.25. The van der Waals surface area contributed by atoms with Crippen LogP contribution in [0.25, 0.3) is 22.3 Å². The molecule has 0 saturated carbocycles. The van der Waals surface area contributed by atoms with Gasteiger partial charge in [-0.15, -0.1) is 0 Å². The first-order chi connectivity index (χ1) is 12.4. The minimum absolute atomic E-state index is 0.0191. The third-order valence-electron chi connectivity index (χ3n) is 4.18. The van der Waals surface area contributed by atoms with Crippen LogP contribution in [0, 0.1) is 0 Å². The summed E-state index contributed by atoms with van der Waals surface area (Å²) in [5.74, 6) is -3.30. The number of benzene rings is 1. The highest BCUT2D eigenvalue weighted by molar-refractivity contribution is 5.92. The number of nitrogens with zero attached hydrogens (tertiary/aromatic N) is 5. The van der Waals surface area contributed by atoms with E-state index < -0.39 is 25.0 Å². The zero-order valence-electron chi connectivity index (χ0n) is 13.9. The molecule has 2 aromatic heterocycles. The highest BCUT2D eigenvalue weighted by Gasteiger charge is 2.33. The average Bonchev–Trinajstić information content (AvgIpc) is 3.22. The number of amides is 1. The summed E-state index contributed by atoms with van der Waals surface area (Å²) < 4.78 is 33.6. The molecule has 0 aliphatic carbocycles. The number of aromatic nitrogens is 5. The fourth-order valence-electron chi connectivity index (χ4n) is 2.85. The molecule has 4 rings (SSSR count). The number of alkyl halides is 2. The summed E-state index contributed by atoms with van der Waals surface area (Å²) in [7, 11) is 1.35. The molecule has 0 unspecified atom stereocenters. The van der Waals surface area contributed by atoms with Crippen LogP contribution in [0.4, 0.5) is 8.78 Å². The molecule has 0 radical (unpaired) electrons. The first kappa shape index (κ1) is 16.4. The fourth-order valence-corrected chi connectivity index (χ4v) is 2.85. The van der Waals surface area contributed by atoms with Gasteiger partial charge in [0.2, 0.25) is 5.91 Å². The van der Waals surface area contributed by atoms with Crippen molar-refractivity contribution in [1.29, 1.82) is 0 Å². The van der Waals surface area contributed by atoms with E-state index in [0.29, 0.717) is 16.8 Å². The number of aromatic amines is 1. The summed E-state index contributed by atoms with van der Waals surface area (Å²) >= 11 is 0. The molecule has 0 spiro atoms. The normalized spacial score (nSPS) is 17.8. The molecule has 1 aromatic carbocycles. The largest absolute Gasteiger partial charge is 0.487 e. The number of aryl methyl sites for hydroxylation is 1. The summed E-state index contributed by atoms with van der Waals surface area (Å²) in [5, 5.41) is 16.2. The molecule has 8 nitrogen and oxygen atoms in total. The Kier molecular flexibility index (Phi) is 3.82. The van der Waals surface area contributed by atoms with Crippen molar-refractivity contribution in [2.45, 2.75) is 18.9 Å². The van der Waals surface area contributed by atoms with Gasteiger partial charge in [0.25, 0.3) is 5.92 Å². The number of hydrogen-bond donors (Lipinski definition) is 1. The van der Waals surface area contributed by atoms with Gasteiger partial charge in [-0.1, -0.05) is 0 Å². The molecule has 136 valence electrons. The Morgan fingerprint density at radius 3 is 3.04 bits per heavy atom. The molecular weight excluding hydrogens is 346 g/mol. The van der Waals surface area contributed by atoms with Crippen LogP contribution in [0.3, 0.4) is 0 Å². The van der Waals surface area contributed by atoms with E-state index in [4.69, 9.17) is 4.74 Å². The van der Waals surface area contributed by atoms with Crippen LogP contribution in [-0.4, -0.2) is 62.1 Å². The Balaban J connectivity index is 1.76. The van der Waals surface area contributed by atoms with Gasteiger partial charge in [-0.05, 0) is 18.2 Å². The maximum Gasteiger partial charge on any atom is 0.298 e. The molecule has 0 atom stereocenters. The second-order valence-electron chi connectivity index (χ2n) is 6.25.